The van der Waals surface area contributed by atoms with Crippen molar-refractivity contribution in [3.05, 3.63) is 45.9 Å². The Balaban J connectivity index is 0.00000338. The van der Waals surface area contributed by atoms with Crippen LogP contribution in [0.15, 0.2) is 35.5 Å². The first-order valence-corrected chi connectivity index (χ1v) is 9.46. The van der Waals surface area contributed by atoms with Crippen molar-refractivity contribution >= 4 is 41.3 Å². The first kappa shape index (κ1) is 22.7. The summed E-state index contributed by atoms with van der Waals surface area (Å²) in [7, 11) is 1.78. The first-order valence-electron chi connectivity index (χ1n) is 8.64. The summed E-state index contributed by atoms with van der Waals surface area (Å²) in [5, 5.41) is 7.69. The third-order valence-electron chi connectivity index (χ3n) is 3.51. The van der Waals surface area contributed by atoms with Gasteiger partial charge < -0.3 is 15.4 Å². The zero-order valence-corrected chi connectivity index (χ0v) is 19.1. The summed E-state index contributed by atoms with van der Waals surface area (Å²) in [6.45, 7) is 8.63. The van der Waals surface area contributed by atoms with Gasteiger partial charge in [-0.15, -0.1) is 35.3 Å². The lowest BCUT2D eigenvalue weighted by Crippen LogP contribution is -2.37. The zero-order chi connectivity index (χ0) is 18.1. The van der Waals surface area contributed by atoms with Crippen LogP contribution in [0.4, 0.5) is 0 Å². The number of aryl methyl sites for hydroxylation is 1. The van der Waals surface area contributed by atoms with Gasteiger partial charge in [0, 0.05) is 24.7 Å². The molecule has 7 heteroatoms. The molecule has 0 spiro atoms. The van der Waals surface area contributed by atoms with Crippen molar-refractivity contribution in [2.75, 3.05) is 20.2 Å². The van der Waals surface area contributed by atoms with Gasteiger partial charge in [-0.3, -0.25) is 4.99 Å². The van der Waals surface area contributed by atoms with E-state index < -0.39 is 0 Å². The number of hydrogen-bond donors (Lipinski definition) is 2. The number of hydrogen-bond acceptors (Lipinski definition) is 4. The van der Waals surface area contributed by atoms with Crippen molar-refractivity contribution in [1.82, 2.24) is 15.6 Å². The molecule has 2 rings (SSSR count). The number of benzene rings is 1. The summed E-state index contributed by atoms with van der Waals surface area (Å²) in [4.78, 5) is 9.82. The molecule has 0 bridgehead atoms. The zero-order valence-electron chi connectivity index (χ0n) is 15.9. The van der Waals surface area contributed by atoms with Crippen LogP contribution in [-0.4, -0.2) is 31.1 Å². The molecule has 5 nitrogen and oxygen atoms in total. The van der Waals surface area contributed by atoms with E-state index in [2.05, 4.69) is 53.5 Å². The van der Waals surface area contributed by atoms with E-state index in [1.54, 1.807) is 18.4 Å². The van der Waals surface area contributed by atoms with Gasteiger partial charge in [-0.2, -0.15) is 0 Å². The molecule has 144 valence electrons. The maximum Gasteiger partial charge on any atom is 0.191 e. The molecule has 1 heterocycles. The van der Waals surface area contributed by atoms with E-state index in [-0.39, 0.29) is 24.0 Å². The van der Waals surface area contributed by atoms with Crippen molar-refractivity contribution in [2.45, 2.75) is 33.7 Å². The normalized spacial score (nSPS) is 11.2. The van der Waals surface area contributed by atoms with E-state index in [4.69, 9.17) is 4.74 Å². The number of guanidine groups is 1. The molecule has 0 saturated carbocycles. The van der Waals surface area contributed by atoms with Gasteiger partial charge in [0.05, 0.1) is 13.2 Å². The van der Waals surface area contributed by atoms with Gasteiger partial charge in [-0.05, 0) is 37.0 Å². The van der Waals surface area contributed by atoms with E-state index in [1.165, 1.54) is 10.4 Å². The number of nitrogens with one attached hydrogen (secondary N) is 2. The van der Waals surface area contributed by atoms with Gasteiger partial charge in [0.2, 0.25) is 0 Å². The minimum Gasteiger partial charge on any atom is -0.493 e. The molecule has 0 amide bonds. The molecule has 0 unspecified atom stereocenters. The Bertz CT molecular complexity index is 670. The lowest BCUT2D eigenvalue weighted by Gasteiger charge is -2.11. The van der Waals surface area contributed by atoms with E-state index in [0.717, 1.165) is 36.3 Å². The molecule has 2 N–H and O–H groups in total. The van der Waals surface area contributed by atoms with Crippen LogP contribution < -0.4 is 15.4 Å². The standard InChI is InChI=1S/C19H28N4OS.HI/c1-14(2)13-24-17-7-5-16(6-8-17)9-10-21-19(20-4)23-12-18-22-11-15(3)25-18;/h5-8,11,14H,9-10,12-13H2,1-4H3,(H2,20,21,23);1H. The van der Waals surface area contributed by atoms with E-state index in [1.807, 2.05) is 18.3 Å². The molecule has 0 aliphatic rings. The number of halogens is 1. The average molecular weight is 488 g/mol. The molecule has 1 aromatic heterocycles. The van der Waals surface area contributed by atoms with Crippen LogP contribution in [0.5, 0.6) is 5.75 Å². The third kappa shape index (κ3) is 8.35. The lowest BCUT2D eigenvalue weighted by atomic mass is 10.1. The smallest absolute Gasteiger partial charge is 0.191 e. The predicted octanol–water partition coefficient (Wildman–Crippen LogP) is 4.01. The molecule has 26 heavy (non-hydrogen) atoms. The summed E-state index contributed by atoms with van der Waals surface area (Å²) < 4.78 is 5.71. The number of rotatable bonds is 8. The molecule has 0 radical (unpaired) electrons. The second-order valence-electron chi connectivity index (χ2n) is 6.32. The van der Waals surface area contributed by atoms with Gasteiger partial charge in [-0.1, -0.05) is 26.0 Å². The predicted molar refractivity (Wildman–Crippen MR) is 121 cm³/mol. The van der Waals surface area contributed by atoms with Crippen LogP contribution in [-0.2, 0) is 13.0 Å². The molecular formula is C19H29IN4OS. The molecule has 0 fully saturated rings. The first-order chi connectivity index (χ1) is 12.1. The summed E-state index contributed by atoms with van der Waals surface area (Å²) in [5.41, 5.74) is 1.27. The summed E-state index contributed by atoms with van der Waals surface area (Å²) in [5.74, 6) is 2.27. The van der Waals surface area contributed by atoms with Crippen LogP contribution >= 0.6 is 35.3 Å². The molecule has 0 aliphatic carbocycles. The molecule has 0 aliphatic heterocycles. The minimum atomic E-state index is 0. The van der Waals surface area contributed by atoms with Gasteiger partial charge in [0.15, 0.2) is 5.96 Å². The van der Waals surface area contributed by atoms with Crippen LogP contribution in [0.2, 0.25) is 0 Å². The van der Waals surface area contributed by atoms with E-state index >= 15 is 0 Å². The van der Waals surface area contributed by atoms with Crippen LogP contribution in [0.25, 0.3) is 0 Å². The van der Waals surface area contributed by atoms with Gasteiger partial charge in [0.25, 0.3) is 0 Å². The van der Waals surface area contributed by atoms with Crippen molar-refractivity contribution in [1.29, 1.82) is 0 Å². The lowest BCUT2D eigenvalue weighted by molar-refractivity contribution is 0.271. The average Bonchev–Trinajstić information content (AvgIpc) is 3.02. The monoisotopic (exact) mass is 488 g/mol. The maximum absolute atomic E-state index is 5.71. The topological polar surface area (TPSA) is 58.5 Å². The Hall–Kier alpha value is -1.35. The van der Waals surface area contributed by atoms with Crippen LogP contribution in [0.3, 0.4) is 0 Å². The van der Waals surface area contributed by atoms with Crippen molar-refractivity contribution < 1.29 is 4.74 Å². The molecular weight excluding hydrogens is 459 g/mol. The quantitative estimate of drug-likeness (QED) is 0.335. The number of ether oxygens (including phenoxy) is 1. The largest absolute Gasteiger partial charge is 0.493 e. The van der Waals surface area contributed by atoms with Crippen molar-refractivity contribution in [3.8, 4) is 5.75 Å². The van der Waals surface area contributed by atoms with E-state index in [0.29, 0.717) is 12.5 Å². The maximum atomic E-state index is 5.71. The second-order valence-corrected chi connectivity index (χ2v) is 7.64. The number of aromatic nitrogens is 1. The summed E-state index contributed by atoms with van der Waals surface area (Å²) in [6.07, 6.45) is 2.83. The van der Waals surface area contributed by atoms with Gasteiger partial charge >= 0.3 is 0 Å². The van der Waals surface area contributed by atoms with Crippen LogP contribution in [0, 0.1) is 12.8 Å². The highest BCUT2D eigenvalue weighted by atomic mass is 127. The highest BCUT2D eigenvalue weighted by Crippen LogP contribution is 2.13. The summed E-state index contributed by atoms with van der Waals surface area (Å²) in [6, 6.07) is 8.31. The molecule has 0 atom stereocenters. The number of thiazole rings is 1. The highest BCUT2D eigenvalue weighted by Gasteiger charge is 2.02. The fraction of sp³-hybridized carbons (Fsp3) is 0.474. The van der Waals surface area contributed by atoms with Gasteiger partial charge in [-0.25, -0.2) is 4.98 Å². The molecule has 0 saturated heterocycles. The highest BCUT2D eigenvalue weighted by molar-refractivity contribution is 14.0. The van der Waals surface area contributed by atoms with Gasteiger partial charge in [0.1, 0.15) is 10.8 Å². The third-order valence-corrected chi connectivity index (χ3v) is 4.43. The Kier molecular flexibility index (Phi) is 10.6. The van der Waals surface area contributed by atoms with Crippen molar-refractivity contribution in [2.24, 2.45) is 10.9 Å². The number of nitrogens with zero attached hydrogens (tertiary/aromatic N) is 2. The fourth-order valence-corrected chi connectivity index (χ4v) is 2.93. The van der Waals surface area contributed by atoms with Crippen molar-refractivity contribution in [3.63, 3.8) is 0 Å². The number of aliphatic imine (C=N–C) groups is 1. The molecule has 1 aromatic carbocycles. The summed E-state index contributed by atoms with van der Waals surface area (Å²) >= 11 is 1.70. The Morgan fingerprint density at radius 3 is 2.54 bits per heavy atom. The molecule has 2 aromatic rings. The SMILES string of the molecule is CN=C(NCCc1ccc(OCC(C)C)cc1)NCc1ncc(C)s1.I. The Labute approximate surface area is 177 Å². The Morgan fingerprint density at radius 2 is 1.96 bits per heavy atom. The minimum absolute atomic E-state index is 0. The van der Waals surface area contributed by atoms with Crippen LogP contribution in [0.1, 0.15) is 29.3 Å². The second kappa shape index (κ2) is 12.1. The Morgan fingerprint density at radius 1 is 1.23 bits per heavy atom. The van der Waals surface area contributed by atoms with E-state index in [9.17, 15) is 0 Å². The fourth-order valence-electron chi connectivity index (χ4n) is 2.20.